The summed E-state index contributed by atoms with van der Waals surface area (Å²) < 4.78 is 8.85. The van der Waals surface area contributed by atoms with E-state index in [1.165, 1.54) is 7.11 Å². The Balaban J connectivity index is 1.93. The topological polar surface area (TPSA) is 94.8 Å². The molecule has 0 saturated heterocycles. The second kappa shape index (κ2) is 7.75. The number of thioether (sulfide) groups is 1. The minimum atomic E-state index is -0.538. The Morgan fingerprint density at radius 2 is 2.10 bits per heavy atom. The molecule has 1 aromatic carbocycles. The van der Waals surface area contributed by atoms with Crippen molar-refractivity contribution < 1.29 is 9.53 Å². The Bertz CT molecular complexity index is 1210. The number of ether oxygens (including phenoxy) is 1. The lowest BCUT2D eigenvalue weighted by Gasteiger charge is -2.22. The largest absolute Gasteiger partial charge is 0.465 e. The maximum absolute atomic E-state index is 12.4. The van der Waals surface area contributed by atoms with Crippen LogP contribution in [0.1, 0.15) is 28.6 Å². The average Bonchev–Trinajstić information content (AvgIpc) is 3.28. The molecule has 9 heteroatoms. The number of esters is 1. The van der Waals surface area contributed by atoms with E-state index in [0.717, 1.165) is 29.0 Å². The molecule has 150 valence electrons. The number of hydrogen-bond donors (Lipinski definition) is 1. The molecule has 0 saturated carbocycles. The Hall–Kier alpha value is -3.07. The molecular weight excluding hydrogens is 390 g/mol. The van der Waals surface area contributed by atoms with Gasteiger partial charge in [0.2, 0.25) is 0 Å². The highest BCUT2D eigenvalue weighted by Gasteiger charge is 2.26. The van der Waals surface area contributed by atoms with E-state index in [-0.39, 0.29) is 17.2 Å². The van der Waals surface area contributed by atoms with Gasteiger partial charge in [0.1, 0.15) is 17.1 Å². The van der Waals surface area contributed by atoms with Gasteiger partial charge in [-0.05, 0) is 30.6 Å². The summed E-state index contributed by atoms with van der Waals surface area (Å²) in [7, 11) is 3.29. The number of carbonyl (C=O) groups excluding carboxylic acids is 1. The zero-order chi connectivity index (χ0) is 20.5. The number of aryl methyl sites for hydroxylation is 1. The maximum atomic E-state index is 12.4. The van der Waals surface area contributed by atoms with Crippen LogP contribution in [0.3, 0.4) is 0 Å². The van der Waals surface area contributed by atoms with Crippen molar-refractivity contribution in [1.29, 1.82) is 0 Å². The molecule has 2 aliphatic heterocycles. The number of nitrogens with one attached hydrogen (secondary N) is 1. The van der Waals surface area contributed by atoms with Crippen LogP contribution >= 0.6 is 11.8 Å². The second-order valence-corrected chi connectivity index (χ2v) is 7.73. The molecule has 0 fully saturated rings. The molecule has 1 atom stereocenters. The minimum absolute atomic E-state index is 0.165. The molecule has 2 aliphatic rings. The van der Waals surface area contributed by atoms with Crippen LogP contribution < -0.4 is 5.56 Å². The van der Waals surface area contributed by atoms with Crippen molar-refractivity contribution in [2.45, 2.75) is 12.5 Å². The summed E-state index contributed by atoms with van der Waals surface area (Å²) in [5, 5.41) is 6.42. The van der Waals surface area contributed by atoms with E-state index in [4.69, 9.17) is 9.72 Å². The normalized spacial score (nSPS) is 12.5. The number of nitrogens with zero attached hydrogens (tertiary/aromatic N) is 4. The Morgan fingerprint density at radius 1 is 1.31 bits per heavy atom. The molecule has 0 bridgehead atoms. The van der Waals surface area contributed by atoms with Gasteiger partial charge in [-0.3, -0.25) is 4.79 Å². The SMILES string of the molecule is COC(=O)c1cn(C(CCSC)c2nc3ccccc3n2C)cc2c(=O)[nH]nc1-2. The lowest BCUT2D eigenvalue weighted by molar-refractivity contribution is 0.0600. The summed E-state index contributed by atoms with van der Waals surface area (Å²) in [5.41, 5.74) is 2.50. The van der Waals surface area contributed by atoms with E-state index in [0.29, 0.717) is 11.3 Å². The molecule has 8 nitrogen and oxygen atoms in total. The molecule has 29 heavy (non-hydrogen) atoms. The summed E-state index contributed by atoms with van der Waals surface area (Å²) >= 11 is 1.73. The zero-order valence-electron chi connectivity index (χ0n) is 16.4. The molecule has 0 amide bonds. The van der Waals surface area contributed by atoms with Crippen LogP contribution in [0.5, 0.6) is 0 Å². The van der Waals surface area contributed by atoms with Crippen molar-refractivity contribution in [3.05, 3.63) is 58.4 Å². The summed E-state index contributed by atoms with van der Waals surface area (Å²) in [6, 6.07) is 7.77. The number of aromatic nitrogens is 5. The number of fused-ring (bicyclic) bond motifs is 2. The highest BCUT2D eigenvalue weighted by atomic mass is 32.2. The van der Waals surface area contributed by atoms with Crippen molar-refractivity contribution >= 4 is 28.8 Å². The summed E-state index contributed by atoms with van der Waals surface area (Å²) in [6.07, 6.45) is 6.25. The van der Waals surface area contributed by atoms with E-state index in [1.54, 1.807) is 24.2 Å². The number of imidazole rings is 1. The van der Waals surface area contributed by atoms with Crippen LogP contribution in [0, 0.1) is 0 Å². The van der Waals surface area contributed by atoms with Gasteiger partial charge in [-0.1, -0.05) is 12.1 Å². The fourth-order valence-electron chi connectivity index (χ4n) is 3.60. The van der Waals surface area contributed by atoms with Gasteiger partial charge in [0.25, 0.3) is 5.56 Å². The predicted molar refractivity (Wildman–Crippen MR) is 113 cm³/mol. The molecule has 2 aromatic rings. The average molecular weight is 411 g/mol. The van der Waals surface area contributed by atoms with Crippen molar-refractivity contribution in [3.63, 3.8) is 0 Å². The molecule has 0 spiro atoms. The Kier molecular flexibility index (Phi) is 5.14. The lowest BCUT2D eigenvalue weighted by atomic mass is 10.1. The number of methoxy groups -OCH3 is 1. The van der Waals surface area contributed by atoms with E-state index >= 15 is 0 Å². The van der Waals surface area contributed by atoms with Crippen LogP contribution in [0.25, 0.3) is 22.3 Å². The maximum Gasteiger partial charge on any atom is 0.341 e. The van der Waals surface area contributed by atoms with Crippen molar-refractivity contribution in [2.75, 3.05) is 19.1 Å². The van der Waals surface area contributed by atoms with Crippen molar-refractivity contribution in [2.24, 2.45) is 7.05 Å². The number of para-hydroxylation sites is 2. The molecule has 4 rings (SSSR count). The number of rotatable bonds is 6. The van der Waals surface area contributed by atoms with Crippen LogP contribution in [0.15, 0.2) is 41.5 Å². The van der Waals surface area contributed by atoms with Crippen LogP contribution in [0.4, 0.5) is 0 Å². The molecule has 1 aromatic heterocycles. The number of aromatic amines is 1. The molecule has 1 unspecified atom stereocenters. The molecule has 0 aliphatic carbocycles. The van der Waals surface area contributed by atoms with E-state index in [2.05, 4.69) is 14.8 Å². The predicted octanol–water partition coefficient (Wildman–Crippen LogP) is 2.69. The minimum Gasteiger partial charge on any atom is -0.465 e. The third-order valence-corrected chi connectivity index (χ3v) is 5.70. The lowest BCUT2D eigenvalue weighted by Crippen LogP contribution is -2.20. The first kappa shape index (κ1) is 19.3. The first-order valence-corrected chi connectivity index (χ1v) is 10.5. The number of H-pyrrole nitrogens is 1. The summed E-state index contributed by atoms with van der Waals surface area (Å²) in [6.45, 7) is 0. The van der Waals surface area contributed by atoms with E-state index < -0.39 is 5.97 Å². The molecular formula is C20H21N5O3S. The number of pyridine rings is 1. The van der Waals surface area contributed by atoms with Gasteiger partial charge in [0.05, 0.1) is 29.7 Å². The van der Waals surface area contributed by atoms with E-state index in [9.17, 15) is 9.59 Å². The molecule has 1 N–H and O–H groups in total. The monoisotopic (exact) mass is 411 g/mol. The second-order valence-electron chi connectivity index (χ2n) is 6.74. The van der Waals surface area contributed by atoms with Crippen LogP contribution in [-0.4, -0.2) is 49.4 Å². The molecule has 0 radical (unpaired) electrons. The first-order valence-electron chi connectivity index (χ1n) is 9.13. The fourth-order valence-corrected chi connectivity index (χ4v) is 4.06. The number of benzene rings is 1. The summed E-state index contributed by atoms with van der Waals surface area (Å²) in [5.74, 6) is 1.21. The van der Waals surface area contributed by atoms with Gasteiger partial charge in [-0.2, -0.15) is 16.9 Å². The van der Waals surface area contributed by atoms with Crippen molar-refractivity contribution in [1.82, 2.24) is 24.3 Å². The zero-order valence-corrected chi connectivity index (χ0v) is 17.2. The molecule has 3 heterocycles. The van der Waals surface area contributed by atoms with Crippen molar-refractivity contribution in [3.8, 4) is 11.3 Å². The number of carbonyl (C=O) groups is 1. The van der Waals surface area contributed by atoms with Crippen LogP contribution in [-0.2, 0) is 11.8 Å². The fraction of sp³-hybridized carbons (Fsp3) is 0.300. The Labute approximate surface area is 171 Å². The van der Waals surface area contributed by atoms with Gasteiger partial charge in [-0.25, -0.2) is 14.9 Å². The van der Waals surface area contributed by atoms with Gasteiger partial charge >= 0.3 is 5.97 Å². The third kappa shape index (κ3) is 3.31. The van der Waals surface area contributed by atoms with Gasteiger partial charge < -0.3 is 13.9 Å². The first-order chi connectivity index (χ1) is 14.0. The standard InChI is InChI=1S/C20H21N5O3S/c1-24-15-7-5-4-6-14(15)21-18(24)16(8-9-29-3)25-10-12-17(22-23-19(12)26)13(11-25)20(27)28-2/h4-7,10-11,16H,8-9H2,1-3H3,(H,23,26). The van der Waals surface area contributed by atoms with Crippen LogP contribution in [0.2, 0.25) is 0 Å². The third-order valence-electron chi connectivity index (χ3n) is 5.06. The quantitative estimate of drug-likeness (QED) is 0.490. The van der Waals surface area contributed by atoms with Gasteiger partial charge in [0.15, 0.2) is 0 Å². The number of hydrogen-bond acceptors (Lipinski definition) is 6. The smallest absolute Gasteiger partial charge is 0.341 e. The van der Waals surface area contributed by atoms with E-state index in [1.807, 2.05) is 42.1 Å². The van der Waals surface area contributed by atoms with Gasteiger partial charge in [-0.15, -0.1) is 0 Å². The highest BCUT2D eigenvalue weighted by Crippen LogP contribution is 2.29. The Morgan fingerprint density at radius 3 is 2.83 bits per heavy atom. The highest BCUT2D eigenvalue weighted by molar-refractivity contribution is 7.98. The van der Waals surface area contributed by atoms with Gasteiger partial charge in [0, 0.05) is 19.4 Å². The summed E-state index contributed by atoms with van der Waals surface area (Å²) in [4.78, 5) is 29.5.